The first-order chi connectivity index (χ1) is 7.24. The Kier molecular flexibility index (Phi) is 9.08. The first kappa shape index (κ1) is 14.1. The van der Waals surface area contributed by atoms with Gasteiger partial charge in [0.15, 0.2) is 0 Å². The van der Waals surface area contributed by atoms with E-state index in [1.165, 1.54) is 18.2 Å². The molecule has 15 heavy (non-hydrogen) atoms. The molecule has 1 unspecified atom stereocenters. The van der Waals surface area contributed by atoms with Crippen molar-refractivity contribution in [2.45, 2.75) is 26.2 Å². The van der Waals surface area contributed by atoms with E-state index in [-0.39, 0.29) is 5.83 Å². The monoisotopic (exact) mass is 211 g/mol. The largest absolute Gasteiger partial charge is 0.320 e. The number of allylic oxidation sites excluding steroid dienone is 5. The molecule has 0 radical (unpaired) electrons. The number of hydrogen-bond donors (Lipinski definition) is 1. The van der Waals surface area contributed by atoms with E-state index in [0.717, 1.165) is 25.8 Å². The van der Waals surface area contributed by atoms with Gasteiger partial charge in [0.1, 0.15) is 5.83 Å². The van der Waals surface area contributed by atoms with Crippen LogP contribution in [0.15, 0.2) is 36.7 Å². The van der Waals surface area contributed by atoms with Crippen molar-refractivity contribution in [2.24, 2.45) is 5.92 Å². The van der Waals surface area contributed by atoms with Crippen molar-refractivity contribution in [3.05, 3.63) is 36.7 Å². The Labute approximate surface area is 92.8 Å². The van der Waals surface area contributed by atoms with E-state index in [2.05, 4.69) is 18.8 Å². The molecule has 86 valence electrons. The Morgan fingerprint density at radius 3 is 2.80 bits per heavy atom. The average Bonchev–Trinajstić information content (AvgIpc) is 2.23. The molecule has 0 saturated heterocycles. The van der Waals surface area contributed by atoms with Crippen LogP contribution in [-0.4, -0.2) is 13.6 Å². The lowest BCUT2D eigenvalue weighted by molar-refractivity contribution is 0.466. The van der Waals surface area contributed by atoms with Crippen LogP contribution in [0.3, 0.4) is 0 Å². The van der Waals surface area contributed by atoms with Gasteiger partial charge in [-0.15, -0.1) is 0 Å². The van der Waals surface area contributed by atoms with Crippen molar-refractivity contribution >= 4 is 0 Å². The smallest absolute Gasteiger partial charge is 0.122 e. The predicted molar refractivity (Wildman–Crippen MR) is 65.5 cm³/mol. The highest BCUT2D eigenvalue weighted by atomic mass is 19.1. The van der Waals surface area contributed by atoms with Crippen molar-refractivity contribution in [3.63, 3.8) is 0 Å². The summed E-state index contributed by atoms with van der Waals surface area (Å²) in [5, 5.41) is 3.13. The molecule has 0 aromatic heterocycles. The quantitative estimate of drug-likeness (QED) is 0.605. The van der Waals surface area contributed by atoms with Crippen LogP contribution in [0.4, 0.5) is 4.39 Å². The van der Waals surface area contributed by atoms with Crippen LogP contribution in [-0.2, 0) is 0 Å². The maximum Gasteiger partial charge on any atom is 0.122 e. The van der Waals surface area contributed by atoms with Gasteiger partial charge in [0.05, 0.1) is 0 Å². The lowest BCUT2D eigenvalue weighted by Crippen LogP contribution is -2.12. The zero-order chi connectivity index (χ0) is 11.5. The molecule has 1 nitrogen and oxygen atoms in total. The molecule has 0 aliphatic rings. The lowest BCUT2D eigenvalue weighted by Gasteiger charge is -2.11. The highest BCUT2D eigenvalue weighted by Gasteiger charge is 2.02. The number of hydrogen-bond acceptors (Lipinski definition) is 1. The topological polar surface area (TPSA) is 12.0 Å². The van der Waals surface area contributed by atoms with Crippen molar-refractivity contribution in [1.82, 2.24) is 5.32 Å². The SMILES string of the molecule is C=C/C=C(F)\C=C/CC(CC)CCNC. The minimum atomic E-state index is -0.228. The van der Waals surface area contributed by atoms with E-state index in [1.807, 2.05) is 13.1 Å². The molecule has 0 aliphatic carbocycles. The Hall–Kier alpha value is -0.890. The third-order valence-corrected chi connectivity index (χ3v) is 2.40. The molecule has 0 aromatic rings. The van der Waals surface area contributed by atoms with Gasteiger partial charge in [0, 0.05) is 0 Å². The molecule has 0 aromatic carbocycles. The van der Waals surface area contributed by atoms with Gasteiger partial charge < -0.3 is 5.32 Å². The van der Waals surface area contributed by atoms with Crippen LogP contribution in [0.1, 0.15) is 26.2 Å². The Balaban J connectivity index is 3.88. The van der Waals surface area contributed by atoms with Gasteiger partial charge in [0.25, 0.3) is 0 Å². The summed E-state index contributed by atoms with van der Waals surface area (Å²) in [7, 11) is 1.95. The fourth-order valence-electron chi connectivity index (χ4n) is 1.38. The third-order valence-electron chi connectivity index (χ3n) is 2.40. The molecule has 0 rings (SSSR count). The third kappa shape index (κ3) is 8.13. The Morgan fingerprint density at radius 1 is 1.53 bits per heavy atom. The summed E-state index contributed by atoms with van der Waals surface area (Å²) in [5.41, 5.74) is 0. The van der Waals surface area contributed by atoms with Gasteiger partial charge in [-0.05, 0) is 44.5 Å². The summed E-state index contributed by atoms with van der Waals surface area (Å²) in [4.78, 5) is 0. The molecular weight excluding hydrogens is 189 g/mol. The molecule has 0 saturated carbocycles. The van der Waals surface area contributed by atoms with E-state index in [0.29, 0.717) is 5.92 Å². The van der Waals surface area contributed by atoms with Gasteiger partial charge in [-0.25, -0.2) is 4.39 Å². The van der Waals surface area contributed by atoms with E-state index >= 15 is 0 Å². The fraction of sp³-hybridized carbons (Fsp3) is 0.538. The van der Waals surface area contributed by atoms with Crippen LogP contribution in [0.2, 0.25) is 0 Å². The zero-order valence-electron chi connectivity index (χ0n) is 9.80. The molecule has 1 atom stereocenters. The highest BCUT2D eigenvalue weighted by Crippen LogP contribution is 2.13. The van der Waals surface area contributed by atoms with E-state index in [1.54, 1.807) is 0 Å². The average molecular weight is 211 g/mol. The predicted octanol–water partition coefficient (Wildman–Crippen LogP) is 3.61. The molecule has 1 N–H and O–H groups in total. The maximum atomic E-state index is 12.9. The summed E-state index contributed by atoms with van der Waals surface area (Å²) in [6, 6.07) is 0. The van der Waals surface area contributed by atoms with Crippen molar-refractivity contribution in [1.29, 1.82) is 0 Å². The van der Waals surface area contributed by atoms with Gasteiger partial charge in [0.2, 0.25) is 0 Å². The number of nitrogens with one attached hydrogen (secondary N) is 1. The number of halogens is 1. The normalized spacial score (nSPS) is 14.5. The van der Waals surface area contributed by atoms with Crippen molar-refractivity contribution in [2.75, 3.05) is 13.6 Å². The molecule has 0 bridgehead atoms. The Morgan fingerprint density at radius 2 is 2.27 bits per heavy atom. The van der Waals surface area contributed by atoms with Gasteiger partial charge in [-0.3, -0.25) is 0 Å². The van der Waals surface area contributed by atoms with E-state index in [4.69, 9.17) is 0 Å². The fourth-order valence-corrected chi connectivity index (χ4v) is 1.38. The Bertz CT molecular complexity index is 219. The second-order valence-corrected chi connectivity index (χ2v) is 3.59. The molecule has 2 heteroatoms. The second kappa shape index (κ2) is 9.66. The maximum absolute atomic E-state index is 12.9. The summed E-state index contributed by atoms with van der Waals surface area (Å²) in [5.74, 6) is 0.415. The standard InChI is InChI=1S/C13H22FN/c1-4-7-13(14)9-6-8-12(5-2)10-11-15-3/h4,6-7,9,12,15H,1,5,8,10-11H2,2-3H3/b9-6-,13-7+. The molecule has 0 spiro atoms. The summed E-state index contributed by atoms with van der Waals surface area (Å²) in [6.07, 6.45) is 9.46. The molecule has 0 heterocycles. The summed E-state index contributed by atoms with van der Waals surface area (Å²) in [6.45, 7) is 6.64. The van der Waals surface area contributed by atoms with Crippen molar-refractivity contribution < 1.29 is 4.39 Å². The van der Waals surface area contributed by atoms with Crippen LogP contribution < -0.4 is 5.32 Å². The van der Waals surface area contributed by atoms with Crippen LogP contribution in [0, 0.1) is 5.92 Å². The molecule has 0 aliphatic heterocycles. The first-order valence-electron chi connectivity index (χ1n) is 5.53. The second-order valence-electron chi connectivity index (χ2n) is 3.59. The molecule has 0 fully saturated rings. The summed E-state index contributed by atoms with van der Waals surface area (Å²) < 4.78 is 12.9. The number of rotatable bonds is 8. The lowest BCUT2D eigenvalue weighted by atomic mass is 9.98. The van der Waals surface area contributed by atoms with Gasteiger partial charge in [-0.1, -0.05) is 32.1 Å². The molecule has 0 amide bonds. The van der Waals surface area contributed by atoms with Crippen molar-refractivity contribution in [3.8, 4) is 0 Å². The van der Waals surface area contributed by atoms with E-state index in [9.17, 15) is 4.39 Å². The van der Waals surface area contributed by atoms with Gasteiger partial charge >= 0.3 is 0 Å². The van der Waals surface area contributed by atoms with Crippen LogP contribution in [0.25, 0.3) is 0 Å². The minimum Gasteiger partial charge on any atom is -0.320 e. The molecular formula is C13H22FN. The van der Waals surface area contributed by atoms with Crippen LogP contribution in [0.5, 0.6) is 0 Å². The summed E-state index contributed by atoms with van der Waals surface area (Å²) >= 11 is 0. The highest BCUT2D eigenvalue weighted by molar-refractivity contribution is 5.16. The van der Waals surface area contributed by atoms with Gasteiger partial charge in [-0.2, -0.15) is 0 Å². The van der Waals surface area contributed by atoms with Crippen LogP contribution >= 0.6 is 0 Å². The minimum absolute atomic E-state index is 0.228. The first-order valence-corrected chi connectivity index (χ1v) is 5.53. The zero-order valence-corrected chi connectivity index (χ0v) is 9.80. The van der Waals surface area contributed by atoms with E-state index < -0.39 is 0 Å².